The van der Waals surface area contributed by atoms with Crippen molar-refractivity contribution in [1.82, 2.24) is 9.55 Å². The quantitative estimate of drug-likeness (QED) is 0.149. The summed E-state index contributed by atoms with van der Waals surface area (Å²) in [4.78, 5) is 9.47. The van der Waals surface area contributed by atoms with Crippen molar-refractivity contribution < 1.29 is 25.8 Å². The van der Waals surface area contributed by atoms with Crippen molar-refractivity contribution in [3.05, 3.63) is 187 Å². The minimum Gasteiger partial charge on any atom is -0.493 e. The first-order valence-electron chi connectivity index (χ1n) is 18.5. The second kappa shape index (κ2) is 14.2. The first-order valence-corrected chi connectivity index (χ1v) is 18.5. The molecule has 1 aliphatic heterocycles. The Morgan fingerprint density at radius 1 is 0.600 bits per heavy atom. The van der Waals surface area contributed by atoms with Gasteiger partial charge in [0.2, 0.25) is 0 Å². The van der Waals surface area contributed by atoms with E-state index in [9.17, 15) is 0 Å². The molecule has 6 aromatic carbocycles. The van der Waals surface area contributed by atoms with E-state index >= 15 is 0 Å². The van der Waals surface area contributed by atoms with Crippen molar-refractivity contribution in [2.45, 2.75) is 45.4 Å². The summed E-state index contributed by atoms with van der Waals surface area (Å²) in [7, 11) is 0. The van der Waals surface area contributed by atoms with Crippen molar-refractivity contribution in [2.75, 3.05) is 9.80 Å². The molecule has 0 spiro atoms. The number of ether oxygens (including phenoxy) is 1. The van der Waals surface area contributed by atoms with Gasteiger partial charge in [-0.2, -0.15) is 42.5 Å². The molecule has 6 heteroatoms. The van der Waals surface area contributed by atoms with Gasteiger partial charge >= 0.3 is 0 Å². The molecule has 0 bridgehead atoms. The molecule has 0 saturated carbocycles. The smallest absolute Gasteiger partial charge is 0.149 e. The Balaban J connectivity index is 0.00000427. The van der Waals surface area contributed by atoms with Crippen molar-refractivity contribution in [2.24, 2.45) is 0 Å². The van der Waals surface area contributed by atoms with E-state index in [4.69, 9.17) is 9.72 Å². The molecule has 2 aromatic heterocycles. The predicted octanol–water partition coefficient (Wildman–Crippen LogP) is 12.6. The zero-order chi connectivity index (χ0) is 37.0. The number of para-hydroxylation sites is 6. The summed E-state index contributed by atoms with van der Waals surface area (Å²) >= 11 is 0. The largest absolute Gasteiger partial charge is 0.493 e. The number of benzene rings is 6. The van der Waals surface area contributed by atoms with Crippen LogP contribution in [0, 0.1) is 18.8 Å². The maximum atomic E-state index is 6.93. The molecule has 0 amide bonds. The first-order chi connectivity index (χ1) is 26.2. The molecule has 0 unspecified atom stereocenters. The number of hydrogen-bond acceptors (Lipinski definition) is 4. The van der Waals surface area contributed by atoms with Crippen molar-refractivity contribution in [3.63, 3.8) is 0 Å². The fourth-order valence-corrected chi connectivity index (χ4v) is 7.67. The van der Waals surface area contributed by atoms with E-state index in [2.05, 4.69) is 183 Å². The summed E-state index contributed by atoms with van der Waals surface area (Å²) in [6.45, 7) is 13.3. The number of rotatable bonds is 7. The van der Waals surface area contributed by atoms with Crippen molar-refractivity contribution in [3.8, 4) is 17.3 Å². The van der Waals surface area contributed by atoms with Crippen molar-refractivity contribution in [1.29, 1.82) is 0 Å². The Morgan fingerprint density at radius 2 is 1.27 bits per heavy atom. The average molecular weight is 897 g/mol. The van der Waals surface area contributed by atoms with Crippen LogP contribution in [-0.4, -0.2) is 9.55 Å². The molecule has 0 radical (unpaired) electrons. The molecule has 0 fully saturated rings. The summed E-state index contributed by atoms with van der Waals surface area (Å²) in [5.74, 6) is 2.29. The number of pyridine rings is 1. The van der Waals surface area contributed by atoms with Crippen LogP contribution in [0.3, 0.4) is 0 Å². The minimum atomic E-state index is -0.234. The average Bonchev–Trinajstić information content (AvgIpc) is 3.75. The van der Waals surface area contributed by atoms with Gasteiger partial charge in [-0.25, -0.2) is 4.98 Å². The van der Waals surface area contributed by atoms with Crippen LogP contribution in [-0.2, 0) is 31.9 Å². The summed E-state index contributed by atoms with van der Waals surface area (Å²) in [6.07, 6.45) is 1.87. The van der Waals surface area contributed by atoms with Crippen LogP contribution in [0.5, 0.6) is 11.5 Å². The number of hydrogen-bond donors (Lipinski definition) is 0. The van der Waals surface area contributed by atoms with Gasteiger partial charge in [0.25, 0.3) is 0 Å². The SMILES string of the molecule is CC(C)(C)c1cc(-n2c3[c-]cccc3c3ccccc32)ncc1Oc1ccccc1N1[CH-]N(c2[c-]ccc(C(C)(C)c3ccccc3)c2)c2ccccc21.[Pt]. The van der Waals surface area contributed by atoms with Gasteiger partial charge in [-0.1, -0.05) is 113 Å². The van der Waals surface area contributed by atoms with E-state index < -0.39 is 0 Å². The molecule has 276 valence electrons. The Kier molecular flexibility index (Phi) is 9.39. The van der Waals surface area contributed by atoms with E-state index in [1.54, 1.807) is 0 Å². The molecule has 3 heterocycles. The van der Waals surface area contributed by atoms with Crippen LogP contribution < -0.4 is 14.5 Å². The van der Waals surface area contributed by atoms with Gasteiger partial charge in [-0.3, -0.25) is 0 Å². The second-order valence-corrected chi connectivity index (χ2v) is 15.4. The molecule has 5 nitrogen and oxygen atoms in total. The fraction of sp³-hybridized carbons (Fsp3) is 0.143. The van der Waals surface area contributed by atoms with E-state index in [0.29, 0.717) is 0 Å². The summed E-state index contributed by atoms with van der Waals surface area (Å²) in [6, 6.07) is 57.6. The van der Waals surface area contributed by atoms with Gasteiger partial charge < -0.3 is 19.1 Å². The molecule has 0 N–H and O–H groups in total. The summed E-state index contributed by atoms with van der Waals surface area (Å²) < 4.78 is 9.13. The fourth-order valence-electron chi connectivity index (χ4n) is 7.67. The van der Waals surface area contributed by atoms with Crippen LogP contribution >= 0.6 is 0 Å². The van der Waals surface area contributed by atoms with Gasteiger partial charge in [-0.15, -0.1) is 29.4 Å². The molecule has 8 aromatic rings. The van der Waals surface area contributed by atoms with E-state index in [1.807, 2.05) is 36.5 Å². The molecular weight excluding hydrogens is 856 g/mol. The predicted molar refractivity (Wildman–Crippen MR) is 221 cm³/mol. The molecule has 0 saturated heterocycles. The number of aromatic nitrogens is 2. The first kappa shape index (κ1) is 36.3. The number of anilines is 4. The van der Waals surface area contributed by atoms with Crippen LogP contribution in [0.4, 0.5) is 22.7 Å². The standard InChI is InChI=1S/C49H41N4O.Pt/c1-48(2,3)39-31-47(53-40-24-11-9-22-37(40)38-23-10-12-25-41(38)53)50-32-46(39)54-45-29-16-15-28-44(45)52-33-51(42-26-13-14-27-43(42)52)36-21-17-20-35(30-36)49(4,5)34-18-7-6-8-19-34;/h6-20,22-24,26-33H,1-5H3;/q-3;. The number of nitrogens with zero attached hydrogens (tertiary/aromatic N) is 4. The number of fused-ring (bicyclic) bond motifs is 4. The molecule has 0 aliphatic carbocycles. The molecule has 9 rings (SSSR count). The third kappa shape index (κ3) is 6.41. The van der Waals surface area contributed by atoms with Gasteiger partial charge in [0.15, 0.2) is 0 Å². The van der Waals surface area contributed by atoms with E-state index in [1.165, 1.54) is 16.5 Å². The Morgan fingerprint density at radius 3 is 2.05 bits per heavy atom. The van der Waals surface area contributed by atoms with E-state index in [-0.39, 0.29) is 31.9 Å². The van der Waals surface area contributed by atoms with E-state index in [0.717, 1.165) is 62.0 Å². The van der Waals surface area contributed by atoms with Gasteiger partial charge in [0.1, 0.15) is 17.3 Å². The molecule has 0 atom stereocenters. The zero-order valence-electron chi connectivity index (χ0n) is 31.5. The summed E-state index contributed by atoms with van der Waals surface area (Å²) in [5.41, 5.74) is 9.26. The Bertz CT molecular complexity index is 2600. The van der Waals surface area contributed by atoms with Crippen LogP contribution in [0.15, 0.2) is 152 Å². The molecular formula is C49H41N4OPt-3. The monoisotopic (exact) mass is 896 g/mol. The zero-order valence-corrected chi connectivity index (χ0v) is 33.8. The molecule has 55 heavy (non-hydrogen) atoms. The second-order valence-electron chi connectivity index (χ2n) is 15.4. The normalized spacial score (nSPS) is 12.9. The maximum absolute atomic E-state index is 6.93. The van der Waals surface area contributed by atoms with Crippen LogP contribution in [0.1, 0.15) is 51.3 Å². The topological polar surface area (TPSA) is 33.5 Å². The Labute approximate surface area is 338 Å². The van der Waals surface area contributed by atoms with Gasteiger partial charge in [0.05, 0.1) is 11.9 Å². The van der Waals surface area contributed by atoms with Gasteiger partial charge in [-0.05, 0) is 58.2 Å². The van der Waals surface area contributed by atoms with Crippen molar-refractivity contribution >= 4 is 44.6 Å². The third-order valence-electron chi connectivity index (χ3n) is 10.6. The molecule has 1 aliphatic rings. The van der Waals surface area contributed by atoms with Crippen LogP contribution in [0.2, 0.25) is 0 Å². The minimum absolute atomic E-state index is 0. The summed E-state index contributed by atoms with van der Waals surface area (Å²) in [5, 5.41) is 2.33. The Hall–Kier alpha value is -5.64. The van der Waals surface area contributed by atoms with Crippen LogP contribution in [0.25, 0.3) is 27.6 Å². The third-order valence-corrected chi connectivity index (χ3v) is 10.6. The maximum Gasteiger partial charge on any atom is 0.149 e. The van der Waals surface area contributed by atoms with Gasteiger partial charge in [0, 0.05) is 43.5 Å².